The highest BCUT2D eigenvalue weighted by Gasteiger charge is 2.12. The number of nitrogens with zero attached hydrogens (tertiary/aromatic N) is 1. The van der Waals surface area contributed by atoms with Crippen molar-refractivity contribution in [2.45, 2.75) is 13.8 Å². The van der Waals surface area contributed by atoms with Crippen molar-refractivity contribution in [3.05, 3.63) is 59.4 Å². The summed E-state index contributed by atoms with van der Waals surface area (Å²) < 4.78 is 4.98. The summed E-state index contributed by atoms with van der Waals surface area (Å²) in [4.78, 5) is 38.7. The van der Waals surface area contributed by atoms with Gasteiger partial charge in [-0.3, -0.25) is 14.6 Å². The fourth-order valence-electron chi connectivity index (χ4n) is 1.83. The highest BCUT2D eigenvalue weighted by Crippen LogP contribution is 2.10. The lowest BCUT2D eigenvalue weighted by Gasteiger charge is -2.06. The molecular weight excluding hydrogens is 296 g/mol. The van der Waals surface area contributed by atoms with Crippen LogP contribution in [0.5, 0.6) is 0 Å². The van der Waals surface area contributed by atoms with Gasteiger partial charge in [0.15, 0.2) is 12.4 Å². The Labute approximate surface area is 133 Å². The van der Waals surface area contributed by atoms with E-state index in [9.17, 15) is 14.4 Å². The van der Waals surface area contributed by atoms with Crippen molar-refractivity contribution in [2.75, 3.05) is 11.9 Å². The van der Waals surface area contributed by atoms with Gasteiger partial charge in [0.1, 0.15) is 0 Å². The molecule has 6 nitrogen and oxygen atoms in total. The van der Waals surface area contributed by atoms with Gasteiger partial charge in [0.05, 0.1) is 5.56 Å². The second-order valence-corrected chi connectivity index (χ2v) is 4.95. The molecule has 0 spiro atoms. The van der Waals surface area contributed by atoms with Crippen molar-refractivity contribution in [3.8, 4) is 0 Å². The predicted molar refractivity (Wildman–Crippen MR) is 84.3 cm³/mol. The van der Waals surface area contributed by atoms with Crippen molar-refractivity contribution < 1.29 is 19.1 Å². The minimum Gasteiger partial charge on any atom is -0.454 e. The van der Waals surface area contributed by atoms with Gasteiger partial charge >= 0.3 is 5.97 Å². The lowest BCUT2D eigenvalue weighted by Crippen LogP contribution is -2.14. The fourth-order valence-corrected chi connectivity index (χ4v) is 1.83. The Bertz CT molecular complexity index is 721. The molecule has 1 aromatic heterocycles. The van der Waals surface area contributed by atoms with Gasteiger partial charge in [0.25, 0.3) is 0 Å². The number of pyridine rings is 1. The summed E-state index contributed by atoms with van der Waals surface area (Å²) >= 11 is 0. The summed E-state index contributed by atoms with van der Waals surface area (Å²) in [6.07, 6.45) is 1.41. The molecular formula is C17H16N2O4. The van der Waals surface area contributed by atoms with Crippen LogP contribution in [0.1, 0.15) is 33.3 Å². The summed E-state index contributed by atoms with van der Waals surface area (Å²) in [6.45, 7) is 2.86. The molecule has 6 heteroatoms. The number of nitrogens with one attached hydrogen (secondary N) is 1. The zero-order valence-electron chi connectivity index (χ0n) is 12.8. The average Bonchev–Trinajstić information content (AvgIpc) is 2.53. The summed E-state index contributed by atoms with van der Waals surface area (Å²) in [5.41, 5.74) is 2.08. The highest BCUT2D eigenvalue weighted by molar-refractivity contribution is 5.99. The number of Topliss-reactive ketones (excluding diaryl/α,β-unsaturated/α-hetero) is 1. The maximum Gasteiger partial charge on any atom is 0.340 e. The van der Waals surface area contributed by atoms with Crippen LogP contribution in [0.25, 0.3) is 0 Å². The molecule has 0 bridgehead atoms. The molecule has 0 aliphatic heterocycles. The molecule has 0 fully saturated rings. The van der Waals surface area contributed by atoms with Crippen LogP contribution in [0.2, 0.25) is 0 Å². The van der Waals surface area contributed by atoms with E-state index in [1.54, 1.807) is 36.4 Å². The number of rotatable bonds is 5. The Kier molecular flexibility index (Phi) is 5.19. The molecule has 0 aliphatic rings. The number of carbonyl (C=O) groups excluding carboxylic acids is 3. The zero-order valence-corrected chi connectivity index (χ0v) is 12.8. The number of carbonyl (C=O) groups is 3. The van der Waals surface area contributed by atoms with Crippen LogP contribution in [0.3, 0.4) is 0 Å². The molecule has 2 rings (SSSR count). The van der Waals surface area contributed by atoms with Gasteiger partial charge in [0.2, 0.25) is 5.91 Å². The summed E-state index contributed by atoms with van der Waals surface area (Å²) in [6, 6.07) is 9.64. The average molecular weight is 312 g/mol. The number of aromatic nitrogens is 1. The molecule has 0 radical (unpaired) electrons. The van der Waals surface area contributed by atoms with Crippen LogP contribution in [0.4, 0.5) is 5.69 Å². The van der Waals surface area contributed by atoms with E-state index in [0.717, 1.165) is 5.69 Å². The third kappa shape index (κ3) is 4.74. The first-order valence-electron chi connectivity index (χ1n) is 6.96. The molecule has 0 unspecified atom stereocenters. The first kappa shape index (κ1) is 16.4. The van der Waals surface area contributed by atoms with Crippen molar-refractivity contribution in [2.24, 2.45) is 0 Å². The maximum absolute atomic E-state index is 12.0. The number of anilines is 1. The first-order chi connectivity index (χ1) is 11.0. The van der Waals surface area contributed by atoms with Crippen LogP contribution in [0.15, 0.2) is 42.6 Å². The Morgan fingerprint density at radius 1 is 1.04 bits per heavy atom. The van der Waals surface area contributed by atoms with E-state index in [1.807, 2.05) is 6.92 Å². The lowest BCUT2D eigenvalue weighted by atomic mass is 10.1. The molecule has 118 valence electrons. The number of amides is 1. The van der Waals surface area contributed by atoms with Crippen molar-refractivity contribution >= 4 is 23.3 Å². The Morgan fingerprint density at radius 2 is 1.70 bits per heavy atom. The van der Waals surface area contributed by atoms with Gasteiger partial charge < -0.3 is 10.1 Å². The number of ether oxygens (including phenoxy) is 1. The number of hydrogen-bond donors (Lipinski definition) is 1. The molecule has 1 heterocycles. The van der Waals surface area contributed by atoms with Gasteiger partial charge in [-0.15, -0.1) is 0 Å². The molecule has 0 saturated heterocycles. The van der Waals surface area contributed by atoms with E-state index in [1.165, 1.54) is 13.1 Å². The molecule has 1 aromatic carbocycles. The van der Waals surface area contributed by atoms with Crippen LogP contribution in [-0.2, 0) is 9.53 Å². The third-order valence-corrected chi connectivity index (χ3v) is 3.01. The summed E-state index contributed by atoms with van der Waals surface area (Å²) in [5.74, 6) is -1.11. The largest absolute Gasteiger partial charge is 0.454 e. The van der Waals surface area contributed by atoms with Gasteiger partial charge in [-0.05, 0) is 43.3 Å². The van der Waals surface area contributed by atoms with Crippen LogP contribution in [0, 0.1) is 6.92 Å². The van der Waals surface area contributed by atoms with Crippen molar-refractivity contribution in [3.63, 3.8) is 0 Å². The Balaban J connectivity index is 1.92. The molecule has 1 amide bonds. The number of hydrogen-bond acceptors (Lipinski definition) is 5. The van der Waals surface area contributed by atoms with Gasteiger partial charge in [-0.2, -0.15) is 0 Å². The lowest BCUT2D eigenvalue weighted by molar-refractivity contribution is -0.114. The van der Waals surface area contributed by atoms with E-state index >= 15 is 0 Å². The summed E-state index contributed by atoms with van der Waals surface area (Å²) in [7, 11) is 0. The minimum atomic E-state index is -0.597. The Hall–Kier alpha value is -3.02. The fraction of sp³-hybridized carbons (Fsp3) is 0.176. The topological polar surface area (TPSA) is 85.4 Å². The molecule has 1 N–H and O–H groups in total. The van der Waals surface area contributed by atoms with Crippen LogP contribution < -0.4 is 5.32 Å². The second-order valence-electron chi connectivity index (χ2n) is 4.95. The first-order valence-corrected chi connectivity index (χ1v) is 6.96. The van der Waals surface area contributed by atoms with E-state index in [4.69, 9.17) is 4.74 Å². The number of aryl methyl sites for hydroxylation is 1. The van der Waals surface area contributed by atoms with Crippen LogP contribution >= 0.6 is 0 Å². The SMILES string of the molecule is CC(=O)Nc1ccc(C(=O)COC(=O)c2ccc(C)nc2)cc1. The molecule has 0 aliphatic carbocycles. The second kappa shape index (κ2) is 7.31. The molecule has 23 heavy (non-hydrogen) atoms. The third-order valence-electron chi connectivity index (χ3n) is 3.01. The van der Waals surface area contributed by atoms with Crippen molar-refractivity contribution in [1.82, 2.24) is 4.98 Å². The number of ketones is 1. The molecule has 0 saturated carbocycles. The highest BCUT2D eigenvalue weighted by atomic mass is 16.5. The number of benzene rings is 1. The maximum atomic E-state index is 12.0. The number of esters is 1. The molecule has 0 atom stereocenters. The minimum absolute atomic E-state index is 0.190. The molecule has 2 aromatic rings. The van der Waals surface area contributed by atoms with Gasteiger partial charge in [-0.25, -0.2) is 4.79 Å². The van der Waals surface area contributed by atoms with E-state index < -0.39 is 5.97 Å². The van der Waals surface area contributed by atoms with Gasteiger partial charge in [-0.1, -0.05) is 0 Å². The van der Waals surface area contributed by atoms with Gasteiger partial charge in [0, 0.05) is 30.1 Å². The van der Waals surface area contributed by atoms with E-state index in [-0.39, 0.29) is 18.3 Å². The monoisotopic (exact) mass is 312 g/mol. The van der Waals surface area contributed by atoms with E-state index in [0.29, 0.717) is 16.8 Å². The summed E-state index contributed by atoms with van der Waals surface area (Å²) in [5, 5.41) is 2.60. The van der Waals surface area contributed by atoms with E-state index in [2.05, 4.69) is 10.3 Å². The standard InChI is InChI=1S/C17H16N2O4/c1-11-3-4-14(9-18-11)17(22)23-10-16(21)13-5-7-15(8-6-13)19-12(2)20/h3-9H,10H2,1-2H3,(H,19,20). The van der Waals surface area contributed by atoms with Crippen LogP contribution in [-0.4, -0.2) is 29.3 Å². The van der Waals surface area contributed by atoms with Crippen molar-refractivity contribution in [1.29, 1.82) is 0 Å². The predicted octanol–water partition coefficient (Wildman–Crippen LogP) is 2.39. The Morgan fingerprint density at radius 3 is 2.26 bits per heavy atom. The smallest absolute Gasteiger partial charge is 0.340 e. The zero-order chi connectivity index (χ0) is 16.8. The quantitative estimate of drug-likeness (QED) is 0.677. The normalized spacial score (nSPS) is 10.0.